The van der Waals surface area contributed by atoms with Gasteiger partial charge >= 0.3 is 0 Å². The molecule has 0 unspecified atom stereocenters. The Balaban J connectivity index is 0.000000170. The SMILES string of the molecule is Cc1ccc(S(=O)(=O)[O-])cc1.Oc1ccccc1C[NH2+]C12CC3CC(CC(C3)C1)C2. The molecule has 6 rings (SSSR count). The van der Waals surface area contributed by atoms with Crippen molar-refractivity contribution in [1.82, 2.24) is 0 Å². The average molecular weight is 430 g/mol. The standard InChI is InChI=1S/C17H23NO.C7H8O3S/c19-16-4-2-1-3-15(16)11-18-17-8-12-5-13(9-17)7-14(6-12)10-17;1-6-2-4-7(5-3-6)11(8,9)10/h1-4,12-14,18-19H,5-11H2;2-5H,1H3,(H,8,9,10). The van der Waals surface area contributed by atoms with Crippen LogP contribution in [0.5, 0.6) is 5.75 Å². The molecular formula is C24H31NO4S. The molecule has 5 nitrogen and oxygen atoms in total. The number of phenolic OH excluding ortho intramolecular Hbond substituents is 1. The van der Waals surface area contributed by atoms with Crippen molar-refractivity contribution < 1.29 is 23.4 Å². The lowest BCUT2D eigenvalue weighted by molar-refractivity contribution is -0.752. The van der Waals surface area contributed by atoms with Crippen LogP contribution in [0.3, 0.4) is 0 Å². The molecule has 2 aromatic rings. The number of rotatable bonds is 4. The molecule has 0 aromatic heterocycles. The van der Waals surface area contributed by atoms with Crippen LogP contribution in [0.2, 0.25) is 0 Å². The third kappa shape index (κ3) is 4.88. The third-order valence-electron chi connectivity index (χ3n) is 7.14. The van der Waals surface area contributed by atoms with Gasteiger partial charge in [-0.1, -0.05) is 29.8 Å². The molecule has 0 saturated heterocycles. The van der Waals surface area contributed by atoms with Crippen molar-refractivity contribution in [2.45, 2.75) is 62.4 Å². The lowest BCUT2D eigenvalue weighted by atomic mass is 9.53. The number of nitrogens with two attached hydrogens (primary N) is 1. The fraction of sp³-hybridized carbons (Fsp3) is 0.500. The molecule has 4 fully saturated rings. The van der Waals surface area contributed by atoms with Crippen LogP contribution in [-0.4, -0.2) is 23.6 Å². The molecule has 0 radical (unpaired) electrons. The van der Waals surface area contributed by atoms with Gasteiger partial charge in [0.2, 0.25) is 0 Å². The highest BCUT2D eigenvalue weighted by Gasteiger charge is 2.53. The Labute approximate surface area is 179 Å². The summed E-state index contributed by atoms with van der Waals surface area (Å²) in [5.41, 5.74) is 2.53. The summed E-state index contributed by atoms with van der Waals surface area (Å²) in [4.78, 5) is -0.178. The van der Waals surface area contributed by atoms with E-state index in [1.54, 1.807) is 12.1 Å². The summed E-state index contributed by atoms with van der Waals surface area (Å²) < 4.78 is 31.2. The second-order valence-corrected chi connectivity index (χ2v) is 11.0. The van der Waals surface area contributed by atoms with E-state index in [-0.39, 0.29) is 4.90 Å². The van der Waals surface area contributed by atoms with Crippen LogP contribution in [-0.2, 0) is 16.7 Å². The predicted octanol–water partition coefficient (Wildman–Crippen LogP) is 3.32. The molecule has 6 heteroatoms. The number of para-hydroxylation sites is 1. The number of quaternary nitrogens is 1. The van der Waals surface area contributed by atoms with E-state index in [2.05, 4.69) is 11.4 Å². The molecule has 3 N–H and O–H groups in total. The normalized spacial score (nSPS) is 29.3. The molecule has 4 saturated carbocycles. The molecule has 0 aliphatic heterocycles. The number of aromatic hydroxyl groups is 1. The first kappa shape index (κ1) is 21.3. The minimum Gasteiger partial charge on any atom is -0.744 e. The van der Waals surface area contributed by atoms with Crippen molar-refractivity contribution in [3.05, 3.63) is 59.7 Å². The van der Waals surface area contributed by atoms with Crippen LogP contribution in [0.4, 0.5) is 0 Å². The maximum atomic E-state index is 10.4. The Morgan fingerprint density at radius 3 is 2.00 bits per heavy atom. The zero-order valence-corrected chi connectivity index (χ0v) is 18.3. The summed E-state index contributed by atoms with van der Waals surface area (Å²) in [6.07, 6.45) is 8.78. The van der Waals surface area contributed by atoms with E-state index >= 15 is 0 Å². The lowest BCUT2D eigenvalue weighted by Crippen LogP contribution is -2.97. The maximum absolute atomic E-state index is 10.4. The quantitative estimate of drug-likeness (QED) is 0.729. The molecule has 2 aromatic carbocycles. The van der Waals surface area contributed by atoms with Crippen molar-refractivity contribution in [2.24, 2.45) is 17.8 Å². The van der Waals surface area contributed by atoms with Crippen molar-refractivity contribution >= 4 is 10.1 Å². The minimum atomic E-state index is -4.27. The van der Waals surface area contributed by atoms with E-state index in [4.69, 9.17) is 0 Å². The van der Waals surface area contributed by atoms with E-state index in [1.165, 1.54) is 50.7 Å². The van der Waals surface area contributed by atoms with Gasteiger partial charge in [0.25, 0.3) is 0 Å². The topological polar surface area (TPSA) is 94.0 Å². The minimum absolute atomic E-state index is 0.178. The zero-order valence-electron chi connectivity index (χ0n) is 17.5. The van der Waals surface area contributed by atoms with Crippen molar-refractivity contribution in [3.63, 3.8) is 0 Å². The first-order valence-electron chi connectivity index (χ1n) is 10.9. The maximum Gasteiger partial charge on any atom is 0.124 e. The van der Waals surface area contributed by atoms with Gasteiger partial charge < -0.3 is 15.0 Å². The van der Waals surface area contributed by atoms with E-state index in [1.807, 2.05) is 25.1 Å². The molecule has 0 amide bonds. The van der Waals surface area contributed by atoms with Crippen LogP contribution in [0, 0.1) is 24.7 Å². The fourth-order valence-corrected chi connectivity index (χ4v) is 6.61. The molecule has 4 aliphatic carbocycles. The fourth-order valence-electron chi connectivity index (χ4n) is 6.14. The molecule has 162 valence electrons. The predicted molar refractivity (Wildman–Crippen MR) is 114 cm³/mol. The lowest BCUT2D eigenvalue weighted by Gasteiger charge is -2.54. The van der Waals surface area contributed by atoms with Crippen LogP contribution in [0.15, 0.2) is 53.4 Å². The molecule has 4 bridgehead atoms. The van der Waals surface area contributed by atoms with Gasteiger partial charge in [-0.05, 0) is 68.2 Å². The van der Waals surface area contributed by atoms with Gasteiger partial charge in [0.05, 0.1) is 10.4 Å². The molecule has 4 aliphatic rings. The van der Waals surface area contributed by atoms with E-state index in [0.717, 1.165) is 35.4 Å². The first-order chi connectivity index (χ1) is 14.2. The van der Waals surface area contributed by atoms with Gasteiger partial charge in [-0.2, -0.15) is 0 Å². The smallest absolute Gasteiger partial charge is 0.124 e. The van der Waals surface area contributed by atoms with Crippen molar-refractivity contribution in [2.75, 3.05) is 0 Å². The summed E-state index contributed by atoms with van der Waals surface area (Å²) in [5, 5.41) is 12.5. The van der Waals surface area contributed by atoms with Gasteiger partial charge in [0.1, 0.15) is 22.4 Å². The summed E-state index contributed by atoms with van der Waals surface area (Å²) >= 11 is 0. The van der Waals surface area contributed by atoms with Crippen LogP contribution >= 0.6 is 0 Å². The van der Waals surface area contributed by atoms with E-state index < -0.39 is 10.1 Å². The van der Waals surface area contributed by atoms with Crippen LogP contribution in [0.1, 0.15) is 49.7 Å². The summed E-state index contributed by atoms with van der Waals surface area (Å²) in [7, 11) is -4.27. The van der Waals surface area contributed by atoms with Crippen LogP contribution < -0.4 is 5.32 Å². The Morgan fingerprint density at radius 2 is 1.50 bits per heavy atom. The monoisotopic (exact) mass is 429 g/mol. The van der Waals surface area contributed by atoms with Crippen LogP contribution in [0.25, 0.3) is 0 Å². The third-order valence-corrected chi connectivity index (χ3v) is 7.99. The second-order valence-electron chi connectivity index (χ2n) is 9.58. The zero-order chi connectivity index (χ0) is 21.4. The highest BCUT2D eigenvalue weighted by Crippen LogP contribution is 2.54. The summed E-state index contributed by atoms with van der Waals surface area (Å²) in [5.74, 6) is 3.48. The highest BCUT2D eigenvalue weighted by atomic mass is 32.2. The number of aryl methyl sites for hydroxylation is 1. The van der Waals surface area contributed by atoms with E-state index in [0.29, 0.717) is 11.3 Å². The van der Waals surface area contributed by atoms with Gasteiger partial charge in [0.15, 0.2) is 0 Å². The van der Waals surface area contributed by atoms with Crippen molar-refractivity contribution in [1.29, 1.82) is 0 Å². The number of benzene rings is 2. The largest absolute Gasteiger partial charge is 0.744 e. The van der Waals surface area contributed by atoms with Gasteiger partial charge in [-0.15, -0.1) is 0 Å². The molecule has 0 heterocycles. The number of hydrogen-bond acceptors (Lipinski definition) is 4. The summed E-state index contributed by atoms with van der Waals surface area (Å²) in [6, 6.07) is 13.6. The molecular weight excluding hydrogens is 398 g/mol. The first-order valence-corrected chi connectivity index (χ1v) is 12.3. The Kier molecular flexibility index (Phi) is 5.93. The number of phenols is 1. The number of hydrogen-bond donors (Lipinski definition) is 2. The Hall–Kier alpha value is -1.89. The van der Waals surface area contributed by atoms with Crippen molar-refractivity contribution in [3.8, 4) is 5.75 Å². The second kappa shape index (κ2) is 8.33. The highest BCUT2D eigenvalue weighted by molar-refractivity contribution is 7.85. The molecule has 0 spiro atoms. The molecule has 30 heavy (non-hydrogen) atoms. The Bertz CT molecular complexity index is 949. The summed E-state index contributed by atoms with van der Waals surface area (Å²) in [6.45, 7) is 2.76. The van der Waals surface area contributed by atoms with Gasteiger partial charge in [-0.25, -0.2) is 8.42 Å². The molecule has 0 atom stereocenters. The Morgan fingerprint density at radius 1 is 0.967 bits per heavy atom. The van der Waals surface area contributed by atoms with Gasteiger partial charge in [-0.3, -0.25) is 0 Å². The average Bonchev–Trinajstić information content (AvgIpc) is 2.66. The van der Waals surface area contributed by atoms with Gasteiger partial charge in [0, 0.05) is 24.8 Å². The van der Waals surface area contributed by atoms with E-state index in [9.17, 15) is 18.1 Å².